The van der Waals surface area contributed by atoms with E-state index in [9.17, 15) is 5.11 Å². The Bertz CT molecular complexity index is 224. The Kier molecular flexibility index (Phi) is 0.695. The predicted molar refractivity (Wildman–Crippen MR) is 39.9 cm³/mol. The lowest BCUT2D eigenvalue weighted by Gasteiger charge is -2.39. The Balaban J connectivity index is 1.94. The van der Waals surface area contributed by atoms with Gasteiger partial charge in [-0.05, 0) is 30.1 Å². The van der Waals surface area contributed by atoms with Crippen molar-refractivity contribution in [2.45, 2.75) is 18.6 Å². The Morgan fingerprint density at radius 2 is 1.73 bits per heavy atom. The number of nitrogens with zero attached hydrogens (tertiary/aromatic N) is 1. The minimum absolute atomic E-state index is 0.0532. The SMILES string of the molecule is O[C@H]1[C@H]2C[C@@H]3[C@H]4CN(C[C@H]42)[C@H]13. The normalized spacial score (nSPS) is 75.5. The highest BCUT2D eigenvalue weighted by Crippen LogP contribution is 2.62. The van der Waals surface area contributed by atoms with Crippen molar-refractivity contribution >= 4 is 0 Å². The number of hydrogen-bond acceptors (Lipinski definition) is 2. The fraction of sp³-hybridized carbons (Fsp3) is 1.00. The lowest BCUT2D eigenvalue weighted by molar-refractivity contribution is -0.0169. The number of piperidine rings is 2. The maximum absolute atomic E-state index is 9.86. The summed E-state index contributed by atoms with van der Waals surface area (Å²) in [6, 6.07) is 0.593. The first kappa shape index (κ1) is 5.55. The third-order valence-electron chi connectivity index (χ3n) is 4.73. The van der Waals surface area contributed by atoms with Crippen molar-refractivity contribution in [2.75, 3.05) is 13.1 Å². The molecule has 0 spiro atoms. The maximum Gasteiger partial charge on any atom is 0.0729 e. The molecule has 60 valence electrons. The van der Waals surface area contributed by atoms with Crippen LogP contribution in [-0.2, 0) is 0 Å². The van der Waals surface area contributed by atoms with Gasteiger partial charge in [0, 0.05) is 19.1 Å². The van der Waals surface area contributed by atoms with Gasteiger partial charge in [-0.25, -0.2) is 0 Å². The van der Waals surface area contributed by atoms with Gasteiger partial charge >= 0.3 is 0 Å². The smallest absolute Gasteiger partial charge is 0.0729 e. The molecular formula is C9H13NO. The molecule has 0 aromatic carbocycles. The molecule has 2 aliphatic carbocycles. The van der Waals surface area contributed by atoms with Crippen LogP contribution in [0.4, 0.5) is 0 Å². The van der Waals surface area contributed by atoms with Crippen LogP contribution in [0.15, 0.2) is 0 Å². The third kappa shape index (κ3) is 0.390. The van der Waals surface area contributed by atoms with E-state index in [0.29, 0.717) is 12.0 Å². The molecule has 2 heterocycles. The van der Waals surface area contributed by atoms with Crippen LogP contribution >= 0.6 is 0 Å². The lowest BCUT2D eigenvalue weighted by atomic mass is 9.77. The highest BCUT2D eigenvalue weighted by atomic mass is 16.3. The van der Waals surface area contributed by atoms with Gasteiger partial charge in [-0.1, -0.05) is 0 Å². The van der Waals surface area contributed by atoms with Crippen molar-refractivity contribution in [3.63, 3.8) is 0 Å². The fourth-order valence-corrected chi connectivity index (χ4v) is 4.48. The number of aliphatic hydroxyl groups excluding tert-OH is 1. The van der Waals surface area contributed by atoms with Crippen molar-refractivity contribution in [3.05, 3.63) is 0 Å². The van der Waals surface area contributed by atoms with Gasteiger partial charge in [0.25, 0.3) is 0 Å². The Morgan fingerprint density at radius 1 is 1.00 bits per heavy atom. The van der Waals surface area contributed by atoms with Crippen molar-refractivity contribution in [1.29, 1.82) is 0 Å². The molecule has 0 aromatic heterocycles. The first-order valence-electron chi connectivity index (χ1n) is 4.78. The fourth-order valence-electron chi connectivity index (χ4n) is 4.48. The van der Waals surface area contributed by atoms with E-state index < -0.39 is 0 Å². The average Bonchev–Trinajstić information content (AvgIpc) is 2.53. The van der Waals surface area contributed by atoms with Crippen molar-refractivity contribution in [1.82, 2.24) is 4.90 Å². The molecule has 4 bridgehead atoms. The summed E-state index contributed by atoms with van der Waals surface area (Å²) in [7, 11) is 0. The molecule has 4 rings (SSSR count). The van der Waals surface area contributed by atoms with Gasteiger partial charge in [-0.2, -0.15) is 0 Å². The maximum atomic E-state index is 9.86. The van der Waals surface area contributed by atoms with Gasteiger partial charge in [-0.3, -0.25) is 4.90 Å². The van der Waals surface area contributed by atoms with Gasteiger partial charge in [0.15, 0.2) is 0 Å². The van der Waals surface area contributed by atoms with E-state index in [-0.39, 0.29) is 6.10 Å². The molecular weight excluding hydrogens is 138 g/mol. The molecule has 0 amide bonds. The van der Waals surface area contributed by atoms with Crippen LogP contribution in [0.2, 0.25) is 0 Å². The van der Waals surface area contributed by atoms with Crippen molar-refractivity contribution in [2.24, 2.45) is 23.7 Å². The van der Waals surface area contributed by atoms with E-state index in [2.05, 4.69) is 4.90 Å². The van der Waals surface area contributed by atoms with E-state index in [1.807, 2.05) is 0 Å². The van der Waals surface area contributed by atoms with Crippen molar-refractivity contribution < 1.29 is 5.11 Å². The molecule has 2 nitrogen and oxygen atoms in total. The minimum Gasteiger partial charge on any atom is -0.391 e. The minimum atomic E-state index is 0.0532. The van der Waals surface area contributed by atoms with E-state index in [0.717, 1.165) is 17.8 Å². The van der Waals surface area contributed by atoms with Gasteiger partial charge < -0.3 is 5.11 Å². The largest absolute Gasteiger partial charge is 0.391 e. The number of fused-ring (bicyclic) bond motifs is 4. The molecule has 4 aliphatic rings. The second kappa shape index (κ2) is 1.38. The summed E-state index contributed by atoms with van der Waals surface area (Å²) in [6.07, 6.45) is 1.40. The molecule has 1 N–H and O–H groups in total. The summed E-state index contributed by atoms with van der Waals surface area (Å²) >= 11 is 0. The van der Waals surface area contributed by atoms with Gasteiger partial charge in [-0.15, -0.1) is 0 Å². The second-order valence-corrected chi connectivity index (χ2v) is 4.83. The van der Waals surface area contributed by atoms with Crippen molar-refractivity contribution in [3.8, 4) is 0 Å². The van der Waals surface area contributed by atoms with Crippen LogP contribution in [0.25, 0.3) is 0 Å². The lowest BCUT2D eigenvalue weighted by Crippen LogP contribution is -2.50. The molecule has 4 fully saturated rings. The molecule has 0 radical (unpaired) electrons. The zero-order valence-electron chi connectivity index (χ0n) is 6.48. The monoisotopic (exact) mass is 151 g/mol. The third-order valence-corrected chi connectivity index (χ3v) is 4.73. The zero-order valence-corrected chi connectivity index (χ0v) is 6.48. The summed E-state index contributed by atoms with van der Waals surface area (Å²) in [4.78, 5) is 2.54. The first-order valence-corrected chi connectivity index (χ1v) is 4.78. The topological polar surface area (TPSA) is 23.5 Å². The summed E-state index contributed by atoms with van der Waals surface area (Å²) in [5, 5.41) is 9.86. The van der Waals surface area contributed by atoms with Crippen LogP contribution in [0.1, 0.15) is 6.42 Å². The standard InChI is InChI=1S/C9H13NO/c11-9-5-1-4-6-2-10(8(4)9)3-7(5)6/h4-9,11H,1-3H2/t4-,5+,6-,7+,8+,9+/m1/s1. The number of aliphatic hydroxyl groups is 1. The molecule has 1 unspecified atom stereocenters. The molecule has 0 aromatic rings. The number of rotatable bonds is 0. The summed E-state index contributed by atoms with van der Waals surface area (Å²) in [6.45, 7) is 2.63. The van der Waals surface area contributed by atoms with Gasteiger partial charge in [0.05, 0.1) is 6.10 Å². The highest BCUT2D eigenvalue weighted by Gasteiger charge is 2.68. The van der Waals surface area contributed by atoms with Crippen LogP contribution in [0.5, 0.6) is 0 Å². The Morgan fingerprint density at radius 3 is 2.36 bits per heavy atom. The van der Waals surface area contributed by atoms with Gasteiger partial charge in [0.2, 0.25) is 0 Å². The highest BCUT2D eigenvalue weighted by molar-refractivity contribution is 5.19. The predicted octanol–water partition coefficient (Wildman–Crippen LogP) is -0.0728. The molecule has 2 heteroatoms. The first-order chi connectivity index (χ1) is 5.36. The van der Waals surface area contributed by atoms with E-state index >= 15 is 0 Å². The van der Waals surface area contributed by atoms with E-state index in [1.165, 1.54) is 19.5 Å². The summed E-state index contributed by atoms with van der Waals surface area (Å²) in [5.41, 5.74) is 0. The summed E-state index contributed by atoms with van der Waals surface area (Å²) in [5.74, 6) is 3.48. The molecule has 11 heavy (non-hydrogen) atoms. The molecule has 2 saturated carbocycles. The molecule has 2 aliphatic heterocycles. The van der Waals surface area contributed by atoms with Crippen LogP contribution < -0.4 is 0 Å². The van der Waals surface area contributed by atoms with E-state index in [4.69, 9.17) is 0 Å². The number of hydrogen-bond donors (Lipinski definition) is 1. The van der Waals surface area contributed by atoms with Crippen LogP contribution in [0, 0.1) is 23.7 Å². The van der Waals surface area contributed by atoms with Crippen LogP contribution in [0.3, 0.4) is 0 Å². The quantitative estimate of drug-likeness (QED) is 0.524. The Hall–Kier alpha value is -0.0800. The van der Waals surface area contributed by atoms with E-state index in [1.54, 1.807) is 0 Å². The van der Waals surface area contributed by atoms with Crippen LogP contribution in [-0.4, -0.2) is 35.2 Å². The zero-order chi connectivity index (χ0) is 7.16. The molecule has 2 saturated heterocycles. The second-order valence-electron chi connectivity index (χ2n) is 4.83. The van der Waals surface area contributed by atoms with Gasteiger partial charge in [0.1, 0.15) is 0 Å². The Labute approximate surface area is 66.2 Å². The summed E-state index contributed by atoms with van der Waals surface area (Å²) < 4.78 is 0. The average molecular weight is 151 g/mol. The molecule has 7 atom stereocenters.